The molecule has 0 amide bonds. The summed E-state index contributed by atoms with van der Waals surface area (Å²) in [6.45, 7) is 3.55. The van der Waals surface area contributed by atoms with E-state index >= 15 is 0 Å². The Morgan fingerprint density at radius 1 is 1.56 bits per heavy atom. The predicted octanol–water partition coefficient (Wildman–Crippen LogP) is 3.14. The fourth-order valence-corrected chi connectivity index (χ4v) is 1.56. The van der Waals surface area contributed by atoms with Crippen molar-refractivity contribution in [3.63, 3.8) is 0 Å². The summed E-state index contributed by atoms with van der Waals surface area (Å²) in [5.74, 6) is -0.376. The van der Waals surface area contributed by atoms with Gasteiger partial charge in [0.1, 0.15) is 5.75 Å². The van der Waals surface area contributed by atoms with Crippen LogP contribution in [0.15, 0.2) is 18.2 Å². The molecule has 16 heavy (non-hydrogen) atoms. The van der Waals surface area contributed by atoms with E-state index in [2.05, 4.69) is 0 Å². The molecule has 0 aliphatic heterocycles. The molecule has 4 heteroatoms. The fourth-order valence-electron chi connectivity index (χ4n) is 1.37. The average molecular weight is 243 g/mol. The lowest BCUT2D eigenvalue weighted by Gasteiger charge is -2.14. The zero-order valence-electron chi connectivity index (χ0n) is 9.37. The maximum absolute atomic E-state index is 10.7. The molecule has 0 heterocycles. The second kappa shape index (κ2) is 5.75. The van der Waals surface area contributed by atoms with Gasteiger partial charge in [-0.15, -0.1) is 0 Å². The van der Waals surface area contributed by atoms with Crippen LogP contribution >= 0.6 is 11.6 Å². The highest BCUT2D eigenvalue weighted by Gasteiger charge is 2.14. The quantitative estimate of drug-likeness (QED) is 0.863. The lowest BCUT2D eigenvalue weighted by Crippen LogP contribution is -2.23. The van der Waals surface area contributed by atoms with E-state index in [4.69, 9.17) is 21.4 Å². The molecule has 88 valence electrons. The summed E-state index contributed by atoms with van der Waals surface area (Å²) in [5.41, 5.74) is 0.947. The first-order chi connectivity index (χ1) is 7.54. The first-order valence-corrected chi connectivity index (χ1v) is 5.60. The number of carboxylic acids is 1. The molecule has 0 fully saturated rings. The van der Waals surface area contributed by atoms with Crippen LogP contribution < -0.4 is 4.74 Å². The van der Waals surface area contributed by atoms with Gasteiger partial charge in [-0.1, -0.05) is 24.9 Å². The van der Waals surface area contributed by atoms with Gasteiger partial charge in [-0.25, -0.2) is 4.79 Å². The molecule has 1 rings (SSSR count). The summed E-state index contributed by atoms with van der Waals surface area (Å²) >= 11 is 5.88. The number of benzene rings is 1. The van der Waals surface area contributed by atoms with E-state index in [-0.39, 0.29) is 0 Å². The highest BCUT2D eigenvalue weighted by Crippen LogP contribution is 2.25. The van der Waals surface area contributed by atoms with Crippen molar-refractivity contribution in [1.82, 2.24) is 0 Å². The van der Waals surface area contributed by atoms with Gasteiger partial charge in [0.15, 0.2) is 6.10 Å². The summed E-state index contributed by atoms with van der Waals surface area (Å²) in [7, 11) is 0. The largest absolute Gasteiger partial charge is 0.479 e. The maximum Gasteiger partial charge on any atom is 0.344 e. The molecule has 0 saturated carbocycles. The van der Waals surface area contributed by atoms with Crippen molar-refractivity contribution in [2.75, 3.05) is 0 Å². The van der Waals surface area contributed by atoms with Gasteiger partial charge < -0.3 is 9.84 Å². The second-order valence-corrected chi connectivity index (χ2v) is 4.04. The third-order valence-electron chi connectivity index (χ3n) is 2.19. The van der Waals surface area contributed by atoms with Gasteiger partial charge in [0, 0.05) is 5.02 Å². The Labute approximate surface area is 100.0 Å². The smallest absolute Gasteiger partial charge is 0.344 e. The fraction of sp³-hybridized carbons (Fsp3) is 0.417. The predicted molar refractivity (Wildman–Crippen MR) is 63.2 cm³/mol. The molecular weight excluding hydrogens is 228 g/mol. The number of carbonyl (C=O) groups is 1. The highest BCUT2D eigenvalue weighted by atomic mass is 35.5. The van der Waals surface area contributed by atoms with Crippen LogP contribution in [0.5, 0.6) is 5.75 Å². The molecule has 0 aliphatic rings. The summed E-state index contributed by atoms with van der Waals surface area (Å²) in [5, 5.41) is 9.41. The lowest BCUT2D eigenvalue weighted by atomic mass is 10.1. The number of ether oxygens (including phenoxy) is 1. The molecule has 1 atom stereocenters. The number of carboxylic acid groups (broad SMARTS) is 1. The van der Waals surface area contributed by atoms with E-state index in [9.17, 15) is 4.79 Å². The Kier molecular flexibility index (Phi) is 4.62. The van der Waals surface area contributed by atoms with E-state index in [0.29, 0.717) is 10.8 Å². The summed E-state index contributed by atoms with van der Waals surface area (Å²) in [6.07, 6.45) is 0.928. The Morgan fingerprint density at radius 2 is 2.25 bits per heavy atom. The average Bonchev–Trinajstić information content (AvgIpc) is 2.22. The van der Waals surface area contributed by atoms with E-state index in [1.54, 1.807) is 12.1 Å². The van der Waals surface area contributed by atoms with E-state index in [0.717, 1.165) is 18.4 Å². The third kappa shape index (κ3) is 3.42. The van der Waals surface area contributed by atoms with Gasteiger partial charge >= 0.3 is 5.97 Å². The van der Waals surface area contributed by atoms with Crippen LogP contribution in [0.1, 0.15) is 25.8 Å². The Bertz CT molecular complexity index is 377. The minimum absolute atomic E-state index is 0.598. The summed E-state index contributed by atoms with van der Waals surface area (Å²) in [4.78, 5) is 10.7. The van der Waals surface area contributed by atoms with Crippen LogP contribution in [-0.2, 0) is 11.2 Å². The molecule has 3 nitrogen and oxygen atoms in total. The number of aliphatic carboxylic acids is 1. The van der Waals surface area contributed by atoms with Crippen molar-refractivity contribution < 1.29 is 14.6 Å². The molecule has 0 unspecified atom stereocenters. The molecule has 1 aromatic carbocycles. The van der Waals surface area contributed by atoms with Crippen LogP contribution in [0.25, 0.3) is 0 Å². The molecule has 0 radical (unpaired) electrons. The molecule has 0 spiro atoms. The van der Waals surface area contributed by atoms with Gasteiger partial charge in [0.25, 0.3) is 0 Å². The Morgan fingerprint density at radius 3 is 2.81 bits per heavy atom. The molecule has 0 saturated heterocycles. The van der Waals surface area contributed by atoms with Crippen LogP contribution in [-0.4, -0.2) is 17.2 Å². The van der Waals surface area contributed by atoms with E-state index in [1.165, 1.54) is 6.92 Å². The molecular formula is C12H15ClO3. The zero-order chi connectivity index (χ0) is 12.1. The minimum atomic E-state index is -0.975. The third-order valence-corrected chi connectivity index (χ3v) is 2.43. The van der Waals surface area contributed by atoms with Crippen molar-refractivity contribution in [3.8, 4) is 5.75 Å². The Balaban J connectivity index is 2.89. The standard InChI is InChI=1S/C12H15ClO3/c1-3-4-9-7-10(13)5-6-11(9)16-8(2)12(14)15/h5-8H,3-4H2,1-2H3,(H,14,15)/t8-/m0/s1. The number of hydrogen-bond acceptors (Lipinski definition) is 2. The maximum atomic E-state index is 10.7. The normalized spacial score (nSPS) is 12.2. The highest BCUT2D eigenvalue weighted by molar-refractivity contribution is 6.30. The SMILES string of the molecule is CCCc1cc(Cl)ccc1O[C@@H](C)C(=O)O. The van der Waals surface area contributed by atoms with Crippen molar-refractivity contribution in [3.05, 3.63) is 28.8 Å². The second-order valence-electron chi connectivity index (χ2n) is 3.60. The van der Waals surface area contributed by atoms with E-state index in [1.807, 2.05) is 13.0 Å². The van der Waals surface area contributed by atoms with Gasteiger partial charge in [-0.05, 0) is 37.1 Å². The Hall–Kier alpha value is -1.22. The number of hydrogen-bond donors (Lipinski definition) is 1. The molecule has 0 aliphatic carbocycles. The first kappa shape index (κ1) is 12.8. The van der Waals surface area contributed by atoms with Crippen molar-refractivity contribution in [1.29, 1.82) is 0 Å². The zero-order valence-corrected chi connectivity index (χ0v) is 10.1. The number of rotatable bonds is 5. The molecule has 0 bridgehead atoms. The van der Waals surface area contributed by atoms with Crippen LogP contribution in [0.2, 0.25) is 5.02 Å². The van der Waals surface area contributed by atoms with Crippen molar-refractivity contribution in [2.45, 2.75) is 32.8 Å². The van der Waals surface area contributed by atoms with Crippen molar-refractivity contribution in [2.24, 2.45) is 0 Å². The van der Waals surface area contributed by atoms with Gasteiger partial charge in [-0.2, -0.15) is 0 Å². The van der Waals surface area contributed by atoms with Crippen LogP contribution in [0, 0.1) is 0 Å². The van der Waals surface area contributed by atoms with Gasteiger partial charge in [0.05, 0.1) is 0 Å². The monoisotopic (exact) mass is 242 g/mol. The van der Waals surface area contributed by atoms with Gasteiger partial charge in [-0.3, -0.25) is 0 Å². The van der Waals surface area contributed by atoms with Crippen LogP contribution in [0.4, 0.5) is 0 Å². The minimum Gasteiger partial charge on any atom is -0.479 e. The first-order valence-electron chi connectivity index (χ1n) is 5.22. The number of aryl methyl sites for hydroxylation is 1. The molecule has 1 aromatic rings. The van der Waals surface area contributed by atoms with E-state index < -0.39 is 12.1 Å². The molecule has 1 N–H and O–H groups in total. The summed E-state index contributed by atoms with van der Waals surface area (Å²) < 4.78 is 5.36. The lowest BCUT2D eigenvalue weighted by molar-refractivity contribution is -0.144. The number of halogens is 1. The summed E-state index contributed by atoms with van der Waals surface area (Å²) in [6, 6.07) is 5.23. The molecule has 0 aromatic heterocycles. The van der Waals surface area contributed by atoms with Crippen LogP contribution in [0.3, 0.4) is 0 Å². The van der Waals surface area contributed by atoms with Gasteiger partial charge in [0.2, 0.25) is 0 Å². The topological polar surface area (TPSA) is 46.5 Å². The van der Waals surface area contributed by atoms with Crippen molar-refractivity contribution >= 4 is 17.6 Å².